The highest BCUT2D eigenvalue weighted by atomic mass is 16.5. The number of hydrogen-bond donors (Lipinski definition) is 2. The summed E-state index contributed by atoms with van der Waals surface area (Å²) in [6.07, 6.45) is 2.02. The molecule has 0 amide bonds. The van der Waals surface area contributed by atoms with Gasteiger partial charge < -0.3 is 15.2 Å². The van der Waals surface area contributed by atoms with Crippen molar-refractivity contribution in [2.45, 2.75) is 64.2 Å². The molecule has 2 rings (SSSR count). The van der Waals surface area contributed by atoms with Gasteiger partial charge in [0, 0.05) is 19.6 Å². The summed E-state index contributed by atoms with van der Waals surface area (Å²) in [4.78, 5) is 14.2. The number of nitrogens with one attached hydrogen (secondary N) is 1. The van der Waals surface area contributed by atoms with Gasteiger partial charge >= 0.3 is 5.97 Å². The van der Waals surface area contributed by atoms with Gasteiger partial charge in [-0.15, -0.1) is 0 Å². The van der Waals surface area contributed by atoms with Crippen molar-refractivity contribution in [3.63, 3.8) is 0 Å². The average Bonchev–Trinajstić information content (AvgIpc) is 3.06. The second-order valence-electron chi connectivity index (χ2n) is 7.85. The number of rotatable bonds is 6. The lowest BCUT2D eigenvalue weighted by molar-refractivity contribution is -0.186. The Morgan fingerprint density at radius 2 is 1.81 bits per heavy atom. The van der Waals surface area contributed by atoms with Crippen LogP contribution in [0.5, 0.6) is 0 Å². The third-order valence-electron chi connectivity index (χ3n) is 4.38. The SMILES string of the molecule is CCNC(CN1CC(C)(C)OC(C)(C)C1)(C(=O)O)C1CC1. The number of carboxylic acids is 1. The quantitative estimate of drug-likeness (QED) is 0.782. The van der Waals surface area contributed by atoms with Gasteiger partial charge in [0.1, 0.15) is 5.54 Å². The van der Waals surface area contributed by atoms with Crippen LogP contribution in [0.15, 0.2) is 0 Å². The van der Waals surface area contributed by atoms with Gasteiger partial charge in [-0.1, -0.05) is 6.92 Å². The molecule has 0 radical (unpaired) electrons. The summed E-state index contributed by atoms with van der Waals surface area (Å²) in [5.74, 6) is -0.460. The van der Waals surface area contributed by atoms with Crippen LogP contribution in [0.3, 0.4) is 0 Å². The first-order chi connectivity index (χ1) is 9.60. The van der Waals surface area contributed by atoms with E-state index in [0.29, 0.717) is 13.1 Å². The predicted molar refractivity (Wildman–Crippen MR) is 82.5 cm³/mol. The molecule has 5 heteroatoms. The first-order valence-corrected chi connectivity index (χ1v) is 8.01. The Hall–Kier alpha value is -0.650. The van der Waals surface area contributed by atoms with Crippen LogP contribution >= 0.6 is 0 Å². The third-order valence-corrected chi connectivity index (χ3v) is 4.38. The van der Waals surface area contributed by atoms with Crippen LogP contribution in [0.25, 0.3) is 0 Å². The van der Waals surface area contributed by atoms with Gasteiger partial charge in [0.2, 0.25) is 0 Å². The normalized spacial score (nSPS) is 28.0. The van der Waals surface area contributed by atoms with E-state index >= 15 is 0 Å². The largest absolute Gasteiger partial charge is 0.480 e. The second-order valence-corrected chi connectivity index (χ2v) is 7.85. The zero-order valence-corrected chi connectivity index (χ0v) is 14.0. The lowest BCUT2D eigenvalue weighted by Crippen LogP contribution is -2.65. The van der Waals surface area contributed by atoms with Gasteiger partial charge in [-0.05, 0) is 53.0 Å². The van der Waals surface area contributed by atoms with Crippen LogP contribution in [-0.4, -0.2) is 58.9 Å². The first-order valence-electron chi connectivity index (χ1n) is 8.01. The van der Waals surface area contributed by atoms with E-state index < -0.39 is 11.5 Å². The molecule has 5 nitrogen and oxygen atoms in total. The van der Waals surface area contributed by atoms with Gasteiger partial charge in [-0.3, -0.25) is 9.69 Å². The molecule has 1 aliphatic heterocycles. The zero-order chi connectivity index (χ0) is 15.9. The first kappa shape index (κ1) is 16.7. The minimum absolute atomic E-state index is 0.248. The van der Waals surface area contributed by atoms with Crippen molar-refractivity contribution < 1.29 is 14.6 Å². The van der Waals surface area contributed by atoms with E-state index in [4.69, 9.17) is 4.74 Å². The van der Waals surface area contributed by atoms with E-state index in [1.54, 1.807) is 0 Å². The van der Waals surface area contributed by atoms with Crippen molar-refractivity contribution in [1.82, 2.24) is 10.2 Å². The fraction of sp³-hybridized carbons (Fsp3) is 0.938. The third kappa shape index (κ3) is 3.76. The van der Waals surface area contributed by atoms with Gasteiger partial charge in [0.25, 0.3) is 0 Å². The van der Waals surface area contributed by atoms with Crippen molar-refractivity contribution >= 4 is 5.97 Å². The summed E-state index contributed by atoms with van der Waals surface area (Å²) in [7, 11) is 0. The van der Waals surface area contributed by atoms with Crippen molar-refractivity contribution in [1.29, 1.82) is 0 Å². The number of ether oxygens (including phenoxy) is 1. The van der Waals surface area contributed by atoms with Crippen molar-refractivity contribution in [3.8, 4) is 0 Å². The van der Waals surface area contributed by atoms with E-state index in [-0.39, 0.29) is 17.1 Å². The van der Waals surface area contributed by atoms with E-state index in [1.165, 1.54) is 0 Å². The van der Waals surface area contributed by atoms with Crippen molar-refractivity contribution in [2.75, 3.05) is 26.2 Å². The predicted octanol–water partition coefficient (Wildman–Crippen LogP) is 1.72. The van der Waals surface area contributed by atoms with Crippen LogP contribution in [-0.2, 0) is 9.53 Å². The highest BCUT2D eigenvalue weighted by Crippen LogP contribution is 2.41. The van der Waals surface area contributed by atoms with Crippen LogP contribution in [0.2, 0.25) is 0 Å². The Balaban J connectivity index is 2.18. The van der Waals surface area contributed by atoms with Crippen LogP contribution < -0.4 is 5.32 Å². The van der Waals surface area contributed by atoms with Crippen LogP contribution in [0, 0.1) is 5.92 Å². The maximum atomic E-state index is 12.0. The molecule has 2 fully saturated rings. The lowest BCUT2D eigenvalue weighted by atomic mass is 9.89. The van der Waals surface area contributed by atoms with E-state index in [0.717, 1.165) is 25.9 Å². The molecule has 1 saturated carbocycles. The zero-order valence-electron chi connectivity index (χ0n) is 14.0. The standard InChI is InChI=1S/C16H30N2O3/c1-6-17-16(13(19)20,12-7-8-12)11-18-9-14(2,3)21-15(4,5)10-18/h12,17H,6-11H2,1-5H3,(H,19,20). The topological polar surface area (TPSA) is 61.8 Å². The van der Waals surface area contributed by atoms with Gasteiger partial charge in [-0.2, -0.15) is 0 Å². The smallest absolute Gasteiger partial charge is 0.325 e. The Morgan fingerprint density at radius 3 is 2.19 bits per heavy atom. The minimum Gasteiger partial charge on any atom is -0.480 e. The van der Waals surface area contributed by atoms with Gasteiger partial charge in [0.05, 0.1) is 11.2 Å². The molecule has 122 valence electrons. The highest BCUT2D eigenvalue weighted by molar-refractivity contribution is 5.80. The molecule has 1 saturated heterocycles. The van der Waals surface area contributed by atoms with Crippen LogP contribution in [0.1, 0.15) is 47.5 Å². The molecule has 1 aliphatic carbocycles. The Morgan fingerprint density at radius 1 is 1.29 bits per heavy atom. The number of hydrogen-bond acceptors (Lipinski definition) is 4. The number of nitrogens with zero attached hydrogens (tertiary/aromatic N) is 1. The summed E-state index contributed by atoms with van der Waals surface area (Å²) in [6, 6.07) is 0. The summed E-state index contributed by atoms with van der Waals surface area (Å²) in [5, 5.41) is 13.1. The molecular formula is C16H30N2O3. The molecule has 0 aromatic heterocycles. The number of carbonyl (C=O) groups is 1. The molecule has 1 unspecified atom stereocenters. The maximum absolute atomic E-state index is 12.0. The van der Waals surface area contributed by atoms with Crippen molar-refractivity contribution in [3.05, 3.63) is 0 Å². The maximum Gasteiger partial charge on any atom is 0.325 e. The monoisotopic (exact) mass is 298 g/mol. The molecule has 0 bridgehead atoms. The fourth-order valence-electron chi connectivity index (χ4n) is 3.95. The molecule has 1 heterocycles. The fourth-order valence-corrected chi connectivity index (χ4v) is 3.95. The number of aliphatic carboxylic acids is 1. The van der Waals surface area contributed by atoms with E-state index in [9.17, 15) is 9.90 Å². The summed E-state index contributed by atoms with van der Waals surface area (Å²) in [6.45, 7) is 13.1. The molecule has 21 heavy (non-hydrogen) atoms. The van der Waals surface area contributed by atoms with E-state index in [2.05, 4.69) is 37.9 Å². The molecule has 2 N–H and O–H groups in total. The molecule has 1 atom stereocenters. The molecule has 0 aromatic rings. The second kappa shape index (κ2) is 5.52. The Kier molecular flexibility index (Phi) is 4.40. The van der Waals surface area contributed by atoms with Crippen LogP contribution in [0.4, 0.5) is 0 Å². The number of likely N-dealkylation sites (N-methyl/N-ethyl adjacent to an activating group) is 1. The summed E-state index contributed by atoms with van der Waals surface area (Å²) in [5.41, 5.74) is -1.30. The van der Waals surface area contributed by atoms with Gasteiger partial charge in [-0.25, -0.2) is 0 Å². The Bertz CT molecular complexity index is 388. The molecule has 2 aliphatic rings. The average molecular weight is 298 g/mol. The summed E-state index contributed by atoms with van der Waals surface area (Å²) < 4.78 is 6.09. The van der Waals surface area contributed by atoms with E-state index in [1.807, 2.05) is 6.92 Å². The lowest BCUT2D eigenvalue weighted by Gasteiger charge is -2.49. The van der Waals surface area contributed by atoms with Gasteiger partial charge in [0.15, 0.2) is 0 Å². The number of morpholine rings is 1. The number of carboxylic acid groups (broad SMARTS) is 1. The minimum atomic E-state index is -0.807. The highest BCUT2D eigenvalue weighted by Gasteiger charge is 2.53. The van der Waals surface area contributed by atoms with Crippen molar-refractivity contribution in [2.24, 2.45) is 5.92 Å². The molecule has 0 spiro atoms. The Labute approximate surface area is 128 Å². The molecule has 0 aromatic carbocycles. The summed E-state index contributed by atoms with van der Waals surface area (Å²) >= 11 is 0. The molecular weight excluding hydrogens is 268 g/mol.